The molecule has 0 radical (unpaired) electrons. The Kier molecular flexibility index (Phi) is 1.96. The van der Waals surface area contributed by atoms with Gasteiger partial charge in [-0.3, -0.25) is 4.79 Å². The summed E-state index contributed by atoms with van der Waals surface area (Å²) in [6.07, 6.45) is 4.24. The number of rotatable bonds is 2. The second-order valence-corrected chi connectivity index (χ2v) is 3.03. The fraction of sp³-hybridized carbons (Fsp3) is 0.200. The van der Waals surface area contributed by atoms with Crippen molar-refractivity contribution < 1.29 is 9.53 Å². The van der Waals surface area contributed by atoms with Gasteiger partial charge in [0.25, 0.3) is 0 Å². The summed E-state index contributed by atoms with van der Waals surface area (Å²) in [5.41, 5.74) is 1.55. The molecule has 0 N–H and O–H groups in total. The van der Waals surface area contributed by atoms with Gasteiger partial charge >= 0.3 is 0 Å². The number of carbonyl (C=O) groups excluding carboxylic acids is 1. The summed E-state index contributed by atoms with van der Waals surface area (Å²) in [7, 11) is 3.43. The summed E-state index contributed by atoms with van der Waals surface area (Å²) in [5.74, 6) is 0.491. The molecule has 4 nitrogen and oxygen atoms in total. The van der Waals surface area contributed by atoms with Gasteiger partial charge in [0.15, 0.2) is 6.29 Å². The first-order chi connectivity index (χ1) is 6.77. The highest BCUT2D eigenvalue weighted by Gasteiger charge is 2.11. The zero-order valence-corrected chi connectivity index (χ0v) is 8.02. The van der Waals surface area contributed by atoms with Gasteiger partial charge in [0.1, 0.15) is 0 Å². The number of hydrogen-bond acceptors (Lipinski definition) is 3. The molecular weight excluding hydrogens is 180 g/mol. The quantitative estimate of drug-likeness (QED) is 0.672. The average Bonchev–Trinajstić information content (AvgIpc) is 2.56. The first kappa shape index (κ1) is 8.74. The molecule has 0 unspecified atom stereocenters. The van der Waals surface area contributed by atoms with Crippen LogP contribution in [0, 0.1) is 0 Å². The minimum atomic E-state index is 0.491. The van der Waals surface area contributed by atoms with E-state index in [1.165, 1.54) is 0 Å². The number of aryl methyl sites for hydroxylation is 1. The van der Waals surface area contributed by atoms with Crippen LogP contribution >= 0.6 is 0 Å². The lowest BCUT2D eigenvalue weighted by Crippen LogP contribution is -1.89. The largest absolute Gasteiger partial charge is 0.480 e. The van der Waals surface area contributed by atoms with E-state index < -0.39 is 0 Å². The van der Waals surface area contributed by atoms with Crippen LogP contribution in [0.1, 0.15) is 10.4 Å². The molecule has 2 rings (SSSR count). The Balaban J connectivity index is 2.89. The van der Waals surface area contributed by atoms with E-state index in [1.807, 2.05) is 17.7 Å². The molecule has 0 aliphatic heterocycles. The van der Waals surface area contributed by atoms with Gasteiger partial charge in [0.05, 0.1) is 18.0 Å². The predicted molar refractivity (Wildman–Crippen MR) is 52.7 cm³/mol. The molecule has 0 atom stereocenters. The summed E-state index contributed by atoms with van der Waals surface area (Å²) in [5, 5.41) is 0.771. The summed E-state index contributed by atoms with van der Waals surface area (Å²) in [6, 6.07) is 1.85. The molecule has 0 bridgehead atoms. The minimum Gasteiger partial charge on any atom is -0.480 e. The molecule has 0 amide bonds. The molecule has 2 aromatic heterocycles. The van der Waals surface area contributed by atoms with E-state index in [0.717, 1.165) is 17.2 Å². The molecule has 2 heterocycles. The number of hydrogen-bond donors (Lipinski definition) is 0. The van der Waals surface area contributed by atoms with Crippen LogP contribution in [0.2, 0.25) is 0 Å². The highest BCUT2D eigenvalue weighted by Crippen LogP contribution is 2.26. The van der Waals surface area contributed by atoms with Crippen molar-refractivity contribution in [1.82, 2.24) is 9.55 Å². The SMILES string of the molecule is COc1nccc2c1c(C=O)cn2C. The third-order valence-corrected chi connectivity index (χ3v) is 2.22. The summed E-state index contributed by atoms with van der Waals surface area (Å²) in [4.78, 5) is 14.9. The fourth-order valence-corrected chi connectivity index (χ4v) is 1.59. The van der Waals surface area contributed by atoms with Crippen LogP contribution in [-0.2, 0) is 7.05 Å². The van der Waals surface area contributed by atoms with Gasteiger partial charge in [-0.15, -0.1) is 0 Å². The number of ether oxygens (including phenoxy) is 1. The van der Waals surface area contributed by atoms with Crippen molar-refractivity contribution in [3.05, 3.63) is 24.0 Å². The Morgan fingerprint density at radius 3 is 3.00 bits per heavy atom. The second-order valence-electron chi connectivity index (χ2n) is 3.03. The Hall–Kier alpha value is -1.84. The minimum absolute atomic E-state index is 0.491. The molecule has 0 fully saturated rings. The summed E-state index contributed by atoms with van der Waals surface area (Å²) >= 11 is 0. The smallest absolute Gasteiger partial charge is 0.223 e. The van der Waals surface area contributed by atoms with E-state index in [4.69, 9.17) is 4.74 Å². The van der Waals surface area contributed by atoms with E-state index in [0.29, 0.717) is 11.4 Å². The van der Waals surface area contributed by atoms with E-state index >= 15 is 0 Å². The molecule has 0 aliphatic carbocycles. The number of aromatic nitrogens is 2. The zero-order chi connectivity index (χ0) is 10.1. The van der Waals surface area contributed by atoms with E-state index in [9.17, 15) is 4.79 Å². The van der Waals surface area contributed by atoms with Gasteiger partial charge in [-0.2, -0.15) is 0 Å². The van der Waals surface area contributed by atoms with Gasteiger partial charge in [0.2, 0.25) is 5.88 Å². The van der Waals surface area contributed by atoms with Gasteiger partial charge in [-0.25, -0.2) is 4.98 Å². The van der Waals surface area contributed by atoms with Crippen LogP contribution < -0.4 is 4.74 Å². The Morgan fingerprint density at radius 2 is 2.36 bits per heavy atom. The maximum absolute atomic E-state index is 10.8. The highest BCUT2D eigenvalue weighted by molar-refractivity contribution is 6.00. The first-order valence-electron chi connectivity index (χ1n) is 4.21. The predicted octanol–water partition coefficient (Wildman–Crippen LogP) is 1.39. The average molecular weight is 190 g/mol. The lowest BCUT2D eigenvalue weighted by molar-refractivity contribution is 0.112. The number of nitrogens with zero attached hydrogens (tertiary/aromatic N) is 2. The van der Waals surface area contributed by atoms with Crippen molar-refractivity contribution in [2.24, 2.45) is 7.05 Å². The van der Waals surface area contributed by atoms with E-state index in [-0.39, 0.29) is 0 Å². The molecule has 0 aromatic carbocycles. The van der Waals surface area contributed by atoms with Gasteiger partial charge in [-0.05, 0) is 6.07 Å². The number of fused-ring (bicyclic) bond motifs is 1. The van der Waals surface area contributed by atoms with Crippen LogP contribution in [0.15, 0.2) is 18.5 Å². The van der Waals surface area contributed by atoms with Crippen molar-refractivity contribution in [2.75, 3.05) is 7.11 Å². The second kappa shape index (κ2) is 3.14. The van der Waals surface area contributed by atoms with Crippen molar-refractivity contribution >= 4 is 17.2 Å². The first-order valence-corrected chi connectivity index (χ1v) is 4.21. The van der Waals surface area contributed by atoms with Gasteiger partial charge < -0.3 is 9.30 Å². The van der Waals surface area contributed by atoms with Crippen LogP contribution in [0.4, 0.5) is 0 Å². The van der Waals surface area contributed by atoms with Crippen molar-refractivity contribution in [3.63, 3.8) is 0 Å². The van der Waals surface area contributed by atoms with E-state index in [2.05, 4.69) is 4.98 Å². The van der Waals surface area contributed by atoms with Crippen LogP contribution in [0.3, 0.4) is 0 Å². The van der Waals surface area contributed by atoms with Crippen molar-refractivity contribution in [2.45, 2.75) is 0 Å². The van der Waals surface area contributed by atoms with Gasteiger partial charge in [0, 0.05) is 25.0 Å². The highest BCUT2D eigenvalue weighted by atomic mass is 16.5. The van der Waals surface area contributed by atoms with Crippen molar-refractivity contribution in [3.8, 4) is 5.88 Å². The Labute approximate surface area is 81.1 Å². The number of carbonyl (C=O) groups is 1. The van der Waals surface area contributed by atoms with Crippen LogP contribution in [-0.4, -0.2) is 22.9 Å². The number of methoxy groups -OCH3 is 1. The fourth-order valence-electron chi connectivity index (χ4n) is 1.59. The van der Waals surface area contributed by atoms with Crippen molar-refractivity contribution in [1.29, 1.82) is 0 Å². The maximum Gasteiger partial charge on any atom is 0.223 e. The third-order valence-electron chi connectivity index (χ3n) is 2.22. The molecule has 72 valence electrons. The Morgan fingerprint density at radius 1 is 1.57 bits per heavy atom. The summed E-state index contributed by atoms with van der Waals surface area (Å²) in [6.45, 7) is 0. The molecule has 0 spiro atoms. The topological polar surface area (TPSA) is 44.1 Å². The van der Waals surface area contributed by atoms with Crippen LogP contribution in [0.5, 0.6) is 5.88 Å². The molecule has 4 heteroatoms. The molecule has 14 heavy (non-hydrogen) atoms. The molecule has 0 saturated carbocycles. The maximum atomic E-state index is 10.8. The number of aldehydes is 1. The zero-order valence-electron chi connectivity index (χ0n) is 8.02. The normalized spacial score (nSPS) is 10.4. The van der Waals surface area contributed by atoms with Gasteiger partial charge in [-0.1, -0.05) is 0 Å². The Bertz CT molecular complexity index is 488. The molecule has 2 aromatic rings. The monoisotopic (exact) mass is 190 g/mol. The standard InChI is InChI=1S/C10H10N2O2/c1-12-5-7(6-13)9-8(12)3-4-11-10(9)14-2/h3-6H,1-2H3. The molecule has 0 saturated heterocycles. The third kappa shape index (κ3) is 1.08. The molecule has 0 aliphatic rings. The molecular formula is C10H10N2O2. The lowest BCUT2D eigenvalue weighted by Gasteiger charge is -2.00. The van der Waals surface area contributed by atoms with Crippen LogP contribution in [0.25, 0.3) is 10.9 Å². The lowest BCUT2D eigenvalue weighted by atomic mass is 10.2. The summed E-state index contributed by atoms with van der Waals surface area (Å²) < 4.78 is 6.98. The number of pyridine rings is 1. The van der Waals surface area contributed by atoms with E-state index in [1.54, 1.807) is 19.5 Å².